The molecule has 1 saturated heterocycles. The minimum absolute atomic E-state index is 0. The summed E-state index contributed by atoms with van der Waals surface area (Å²) < 4.78 is 25.2. The van der Waals surface area contributed by atoms with Crippen molar-refractivity contribution in [2.45, 2.75) is 38.3 Å². The summed E-state index contributed by atoms with van der Waals surface area (Å²) in [5.41, 5.74) is -0.269. The van der Waals surface area contributed by atoms with Crippen molar-refractivity contribution in [3.05, 3.63) is 35.9 Å². The zero-order valence-electron chi connectivity index (χ0n) is 16.2. The maximum atomic E-state index is 11.8. The van der Waals surface area contributed by atoms with Gasteiger partial charge in [-0.1, -0.05) is 30.3 Å². The third-order valence-corrected chi connectivity index (χ3v) is 5.87. The molecule has 1 unspecified atom stereocenters. The van der Waals surface area contributed by atoms with Gasteiger partial charge in [0.15, 0.2) is 5.96 Å². The molecule has 7 nitrogen and oxygen atoms in total. The Labute approximate surface area is 179 Å². The number of hydrogen-bond donors (Lipinski definition) is 3. The van der Waals surface area contributed by atoms with Gasteiger partial charge in [0.25, 0.3) is 0 Å². The zero-order valence-corrected chi connectivity index (χ0v) is 19.3. The highest BCUT2D eigenvalue weighted by Gasteiger charge is 2.31. The molecule has 1 aromatic rings. The quantitative estimate of drug-likeness (QED) is 0.294. The summed E-state index contributed by atoms with van der Waals surface area (Å²) in [5.74, 6) is 0.573. The summed E-state index contributed by atoms with van der Waals surface area (Å²) in [5, 5.41) is 17.0. The van der Waals surface area contributed by atoms with Crippen LogP contribution in [0.25, 0.3) is 0 Å². The first kappa shape index (κ1) is 24.1. The fraction of sp³-hybridized carbons (Fsp3) is 0.611. The predicted molar refractivity (Wildman–Crippen MR) is 120 cm³/mol. The van der Waals surface area contributed by atoms with E-state index in [0.29, 0.717) is 25.6 Å². The second kappa shape index (κ2) is 10.6. The van der Waals surface area contributed by atoms with E-state index < -0.39 is 15.6 Å². The number of nitrogens with zero attached hydrogens (tertiary/aromatic N) is 2. The van der Waals surface area contributed by atoms with E-state index in [2.05, 4.69) is 15.6 Å². The Hall–Kier alpha value is -0.910. The van der Waals surface area contributed by atoms with E-state index in [1.807, 2.05) is 37.3 Å². The highest BCUT2D eigenvalue weighted by atomic mass is 127. The van der Waals surface area contributed by atoms with Gasteiger partial charge in [0.05, 0.1) is 12.8 Å². The van der Waals surface area contributed by atoms with Crippen LogP contribution in [-0.4, -0.2) is 62.3 Å². The van der Waals surface area contributed by atoms with Crippen molar-refractivity contribution >= 4 is 40.0 Å². The minimum atomic E-state index is -3.19. The van der Waals surface area contributed by atoms with Gasteiger partial charge in [-0.15, -0.1) is 24.0 Å². The van der Waals surface area contributed by atoms with Crippen LogP contribution in [0.1, 0.15) is 32.3 Å². The molecular weight excluding hydrogens is 479 g/mol. The molecule has 154 valence electrons. The molecule has 2 rings (SSSR count). The van der Waals surface area contributed by atoms with Crippen LogP contribution < -0.4 is 10.6 Å². The normalized spacial score (nSPS) is 20.6. The van der Waals surface area contributed by atoms with E-state index in [1.54, 1.807) is 11.2 Å². The van der Waals surface area contributed by atoms with E-state index in [-0.39, 0.29) is 36.6 Å². The molecule has 0 radical (unpaired) electrons. The molecule has 9 heteroatoms. The monoisotopic (exact) mass is 510 g/mol. The standard InChI is InChI=1S/C18H30N4O3S.HI/c1-4-19-17(20-13-16-11-8-12-22(16)26(3,24)25)21-14-18(2,23)15-9-6-5-7-10-15;/h5-7,9-10,16,23H,4,8,11-14H2,1-3H3,(H2,19,20,21);1H/t16-,18?;/m1./s1. The van der Waals surface area contributed by atoms with Crippen molar-refractivity contribution in [1.82, 2.24) is 14.9 Å². The molecule has 1 aliphatic rings. The molecule has 1 heterocycles. The largest absolute Gasteiger partial charge is 0.384 e. The number of hydrogen-bond acceptors (Lipinski definition) is 4. The number of benzene rings is 1. The molecule has 27 heavy (non-hydrogen) atoms. The van der Waals surface area contributed by atoms with E-state index >= 15 is 0 Å². The van der Waals surface area contributed by atoms with Crippen LogP contribution in [0.4, 0.5) is 0 Å². The van der Waals surface area contributed by atoms with Gasteiger partial charge in [-0.2, -0.15) is 4.31 Å². The Bertz CT molecular complexity index is 711. The topological polar surface area (TPSA) is 94.0 Å². The first-order chi connectivity index (χ1) is 12.2. The Morgan fingerprint density at radius 3 is 2.59 bits per heavy atom. The summed E-state index contributed by atoms with van der Waals surface area (Å²) in [4.78, 5) is 4.49. The van der Waals surface area contributed by atoms with Gasteiger partial charge >= 0.3 is 0 Å². The summed E-state index contributed by atoms with van der Waals surface area (Å²) in [6.07, 6.45) is 2.96. The van der Waals surface area contributed by atoms with Crippen LogP contribution >= 0.6 is 24.0 Å². The SMILES string of the molecule is CCNC(=NCC(C)(O)c1ccccc1)NC[C@H]1CCCN1S(C)(=O)=O.I. The molecule has 0 spiro atoms. The maximum Gasteiger partial charge on any atom is 0.211 e. The molecule has 1 fully saturated rings. The van der Waals surface area contributed by atoms with Crippen LogP contribution in [0.2, 0.25) is 0 Å². The third-order valence-electron chi connectivity index (χ3n) is 4.54. The first-order valence-electron chi connectivity index (χ1n) is 9.01. The molecule has 3 N–H and O–H groups in total. The molecule has 2 atom stereocenters. The summed E-state index contributed by atoms with van der Waals surface area (Å²) in [6.45, 7) is 5.64. The smallest absolute Gasteiger partial charge is 0.211 e. The van der Waals surface area contributed by atoms with Crippen molar-refractivity contribution in [2.24, 2.45) is 4.99 Å². The van der Waals surface area contributed by atoms with Gasteiger partial charge < -0.3 is 15.7 Å². The average molecular weight is 510 g/mol. The predicted octanol–water partition coefficient (Wildman–Crippen LogP) is 1.49. The second-order valence-corrected chi connectivity index (χ2v) is 8.82. The fourth-order valence-electron chi connectivity index (χ4n) is 3.13. The van der Waals surface area contributed by atoms with Crippen molar-refractivity contribution in [3.63, 3.8) is 0 Å². The van der Waals surface area contributed by atoms with Crippen LogP contribution in [0.5, 0.6) is 0 Å². The van der Waals surface area contributed by atoms with Crippen LogP contribution in [-0.2, 0) is 15.6 Å². The lowest BCUT2D eigenvalue weighted by molar-refractivity contribution is 0.0672. The molecule has 1 aromatic carbocycles. The van der Waals surface area contributed by atoms with Gasteiger partial charge in [0.1, 0.15) is 5.60 Å². The number of rotatable bonds is 7. The Morgan fingerprint density at radius 1 is 1.33 bits per heavy atom. The minimum Gasteiger partial charge on any atom is -0.384 e. The summed E-state index contributed by atoms with van der Waals surface area (Å²) in [6, 6.07) is 9.36. The highest BCUT2D eigenvalue weighted by molar-refractivity contribution is 14.0. The van der Waals surface area contributed by atoms with Gasteiger partial charge in [-0.05, 0) is 32.3 Å². The van der Waals surface area contributed by atoms with E-state index in [4.69, 9.17) is 0 Å². The van der Waals surface area contributed by atoms with Gasteiger partial charge in [0, 0.05) is 25.7 Å². The maximum absolute atomic E-state index is 11.8. The fourth-order valence-corrected chi connectivity index (χ4v) is 4.31. The second-order valence-electron chi connectivity index (χ2n) is 6.89. The van der Waals surface area contributed by atoms with Crippen LogP contribution in [0.15, 0.2) is 35.3 Å². The number of sulfonamides is 1. The number of aliphatic imine (C=N–C) groups is 1. The van der Waals surface area contributed by atoms with Crippen LogP contribution in [0.3, 0.4) is 0 Å². The summed E-state index contributed by atoms with van der Waals surface area (Å²) in [7, 11) is -3.19. The first-order valence-corrected chi connectivity index (χ1v) is 10.9. The summed E-state index contributed by atoms with van der Waals surface area (Å²) >= 11 is 0. The van der Waals surface area contributed by atoms with E-state index in [9.17, 15) is 13.5 Å². The lowest BCUT2D eigenvalue weighted by Gasteiger charge is -2.25. The molecule has 0 amide bonds. The van der Waals surface area contributed by atoms with Gasteiger partial charge in [0.2, 0.25) is 10.0 Å². The highest BCUT2D eigenvalue weighted by Crippen LogP contribution is 2.21. The lowest BCUT2D eigenvalue weighted by atomic mass is 9.96. The van der Waals surface area contributed by atoms with Crippen LogP contribution in [0, 0.1) is 0 Å². The zero-order chi connectivity index (χ0) is 19.2. The number of halogens is 1. The lowest BCUT2D eigenvalue weighted by Crippen LogP contribution is -2.46. The molecule has 0 bridgehead atoms. The Morgan fingerprint density at radius 2 is 2.00 bits per heavy atom. The third kappa shape index (κ3) is 7.20. The molecule has 0 saturated carbocycles. The van der Waals surface area contributed by atoms with E-state index in [1.165, 1.54) is 6.26 Å². The van der Waals surface area contributed by atoms with E-state index in [0.717, 1.165) is 18.4 Å². The molecular formula is C18H31IN4O3S. The number of nitrogens with one attached hydrogen (secondary N) is 2. The van der Waals surface area contributed by atoms with Gasteiger partial charge in [-0.3, -0.25) is 0 Å². The average Bonchev–Trinajstić information content (AvgIpc) is 3.07. The van der Waals surface area contributed by atoms with Crippen molar-refractivity contribution in [1.29, 1.82) is 0 Å². The Balaban J connectivity index is 0.00000364. The van der Waals surface area contributed by atoms with Crippen molar-refractivity contribution in [3.8, 4) is 0 Å². The molecule has 1 aliphatic heterocycles. The number of aliphatic hydroxyl groups is 1. The van der Waals surface area contributed by atoms with Crippen molar-refractivity contribution < 1.29 is 13.5 Å². The van der Waals surface area contributed by atoms with Gasteiger partial charge in [-0.25, -0.2) is 13.4 Å². The van der Waals surface area contributed by atoms with Crippen molar-refractivity contribution in [2.75, 3.05) is 32.4 Å². The Kier molecular flexibility index (Phi) is 9.46. The number of guanidine groups is 1. The molecule has 0 aliphatic carbocycles. The molecule has 0 aromatic heterocycles.